The number of carbonyl (C=O) groups is 2. The van der Waals surface area contributed by atoms with Crippen molar-refractivity contribution in [1.29, 1.82) is 0 Å². The van der Waals surface area contributed by atoms with Gasteiger partial charge in [-0.1, -0.05) is 0 Å². The van der Waals surface area contributed by atoms with Crippen molar-refractivity contribution in [3.8, 4) is 0 Å². The van der Waals surface area contributed by atoms with Crippen molar-refractivity contribution in [2.75, 3.05) is 13.1 Å². The second-order valence-electron chi connectivity index (χ2n) is 6.11. The average molecular weight is 338 g/mol. The Morgan fingerprint density at radius 3 is 2.91 bits per heavy atom. The molecule has 7 heteroatoms. The SMILES string of the molecule is Cc1nc(CCNC(=O)N[C@@H](C)C(=O)N2CCCC[C@H]2C)cs1. The van der Waals surface area contributed by atoms with Gasteiger partial charge in [0.15, 0.2) is 0 Å². The van der Waals surface area contributed by atoms with Crippen LogP contribution >= 0.6 is 11.3 Å². The van der Waals surface area contributed by atoms with Crippen LogP contribution in [0.1, 0.15) is 43.8 Å². The molecule has 1 aromatic rings. The van der Waals surface area contributed by atoms with Crippen molar-refractivity contribution in [2.24, 2.45) is 0 Å². The molecule has 23 heavy (non-hydrogen) atoms. The van der Waals surface area contributed by atoms with Crippen molar-refractivity contribution >= 4 is 23.3 Å². The largest absolute Gasteiger partial charge is 0.338 e. The first-order valence-electron chi connectivity index (χ1n) is 8.23. The molecule has 0 unspecified atom stereocenters. The topological polar surface area (TPSA) is 74.3 Å². The molecule has 2 heterocycles. The molecule has 2 atom stereocenters. The first-order valence-corrected chi connectivity index (χ1v) is 9.11. The second-order valence-corrected chi connectivity index (χ2v) is 7.17. The number of hydrogen-bond acceptors (Lipinski definition) is 4. The molecule has 6 nitrogen and oxygen atoms in total. The third-order valence-electron chi connectivity index (χ3n) is 4.14. The number of hydrogen-bond donors (Lipinski definition) is 2. The Morgan fingerprint density at radius 1 is 1.48 bits per heavy atom. The normalized spacial score (nSPS) is 19.3. The number of likely N-dealkylation sites (tertiary alicyclic amines) is 1. The molecule has 0 aliphatic carbocycles. The van der Waals surface area contributed by atoms with E-state index in [-0.39, 0.29) is 18.0 Å². The minimum absolute atomic E-state index is 0.00229. The van der Waals surface area contributed by atoms with Gasteiger partial charge < -0.3 is 15.5 Å². The third kappa shape index (κ3) is 5.20. The molecular formula is C16H26N4O2S. The van der Waals surface area contributed by atoms with Crippen LogP contribution in [0.4, 0.5) is 4.79 Å². The summed E-state index contributed by atoms with van der Waals surface area (Å²) in [6.07, 6.45) is 3.95. The number of rotatable bonds is 5. The highest BCUT2D eigenvalue weighted by Crippen LogP contribution is 2.17. The van der Waals surface area contributed by atoms with Gasteiger partial charge in [0.1, 0.15) is 6.04 Å². The highest BCUT2D eigenvalue weighted by atomic mass is 32.1. The van der Waals surface area contributed by atoms with Gasteiger partial charge in [-0.2, -0.15) is 0 Å². The summed E-state index contributed by atoms with van der Waals surface area (Å²) in [5, 5.41) is 8.54. The number of amides is 3. The van der Waals surface area contributed by atoms with Gasteiger partial charge in [0.2, 0.25) is 5.91 Å². The van der Waals surface area contributed by atoms with Crippen LogP contribution in [0.3, 0.4) is 0 Å². The van der Waals surface area contributed by atoms with E-state index in [4.69, 9.17) is 0 Å². The van der Waals surface area contributed by atoms with Crippen molar-refractivity contribution in [1.82, 2.24) is 20.5 Å². The number of piperidine rings is 1. The molecule has 2 N–H and O–H groups in total. The summed E-state index contributed by atoms with van der Waals surface area (Å²) < 4.78 is 0. The summed E-state index contributed by atoms with van der Waals surface area (Å²) in [7, 11) is 0. The Bertz CT molecular complexity index is 546. The summed E-state index contributed by atoms with van der Waals surface area (Å²) in [5.41, 5.74) is 0.985. The molecule has 1 saturated heterocycles. The Morgan fingerprint density at radius 2 is 2.26 bits per heavy atom. The van der Waals surface area contributed by atoms with Crippen LogP contribution in [0.25, 0.3) is 0 Å². The van der Waals surface area contributed by atoms with E-state index in [1.54, 1.807) is 18.3 Å². The van der Waals surface area contributed by atoms with Crippen LogP contribution in [0.5, 0.6) is 0 Å². The number of urea groups is 1. The molecular weight excluding hydrogens is 312 g/mol. The lowest BCUT2D eigenvalue weighted by molar-refractivity contribution is -0.136. The monoisotopic (exact) mass is 338 g/mol. The maximum Gasteiger partial charge on any atom is 0.315 e. The van der Waals surface area contributed by atoms with Gasteiger partial charge in [-0.05, 0) is 40.0 Å². The van der Waals surface area contributed by atoms with Gasteiger partial charge in [-0.15, -0.1) is 11.3 Å². The average Bonchev–Trinajstić information content (AvgIpc) is 2.92. The van der Waals surface area contributed by atoms with Gasteiger partial charge in [0, 0.05) is 30.9 Å². The Hall–Kier alpha value is -1.63. The number of aryl methyl sites for hydroxylation is 1. The molecule has 0 bridgehead atoms. The van der Waals surface area contributed by atoms with Crippen molar-refractivity contribution in [3.63, 3.8) is 0 Å². The summed E-state index contributed by atoms with van der Waals surface area (Å²) in [4.78, 5) is 30.6. The van der Waals surface area contributed by atoms with E-state index in [0.717, 1.165) is 30.1 Å². The van der Waals surface area contributed by atoms with Crippen LogP contribution in [0.15, 0.2) is 5.38 Å². The highest BCUT2D eigenvalue weighted by molar-refractivity contribution is 7.09. The number of aromatic nitrogens is 1. The van der Waals surface area contributed by atoms with E-state index in [2.05, 4.69) is 22.5 Å². The first-order chi connectivity index (χ1) is 11.0. The van der Waals surface area contributed by atoms with Gasteiger partial charge in [0.25, 0.3) is 0 Å². The second kappa shape index (κ2) is 8.29. The summed E-state index contributed by atoms with van der Waals surface area (Å²) in [5.74, 6) is 0.00229. The molecule has 128 valence electrons. The van der Waals surface area contributed by atoms with Crippen LogP contribution in [0, 0.1) is 6.92 Å². The lowest BCUT2D eigenvalue weighted by Gasteiger charge is -2.35. The highest BCUT2D eigenvalue weighted by Gasteiger charge is 2.27. The number of thiazole rings is 1. The van der Waals surface area contributed by atoms with E-state index >= 15 is 0 Å². The number of nitrogens with zero attached hydrogens (tertiary/aromatic N) is 2. The van der Waals surface area contributed by atoms with Gasteiger partial charge in [-0.25, -0.2) is 9.78 Å². The standard InChI is InChI=1S/C16H26N4O2S/c1-11-6-4-5-9-20(11)15(21)12(2)18-16(22)17-8-7-14-10-23-13(3)19-14/h10-12H,4-9H2,1-3H3,(H2,17,18,22)/t11-,12+/m1/s1. The maximum atomic E-state index is 12.4. The fourth-order valence-corrected chi connectivity index (χ4v) is 3.46. The number of nitrogens with one attached hydrogen (secondary N) is 2. The van der Waals surface area contributed by atoms with Crippen LogP contribution < -0.4 is 10.6 Å². The van der Waals surface area contributed by atoms with E-state index in [9.17, 15) is 9.59 Å². The molecule has 1 aliphatic heterocycles. The molecule has 2 rings (SSSR count). The summed E-state index contributed by atoms with van der Waals surface area (Å²) >= 11 is 1.60. The lowest BCUT2D eigenvalue weighted by Crippen LogP contribution is -2.53. The van der Waals surface area contributed by atoms with Crippen LogP contribution in [-0.4, -0.2) is 47.0 Å². The fourth-order valence-electron chi connectivity index (χ4n) is 2.81. The quantitative estimate of drug-likeness (QED) is 0.863. The molecule has 0 aromatic carbocycles. The Labute approximate surface area is 141 Å². The molecule has 0 radical (unpaired) electrons. The van der Waals surface area contributed by atoms with E-state index < -0.39 is 6.04 Å². The smallest absolute Gasteiger partial charge is 0.315 e. The Kier molecular flexibility index (Phi) is 6.38. The molecule has 0 spiro atoms. The molecule has 1 aliphatic rings. The van der Waals surface area contributed by atoms with Gasteiger partial charge >= 0.3 is 6.03 Å². The molecule has 0 saturated carbocycles. The lowest BCUT2D eigenvalue weighted by atomic mass is 10.0. The zero-order valence-electron chi connectivity index (χ0n) is 14.1. The van der Waals surface area contributed by atoms with Gasteiger partial charge in [-0.3, -0.25) is 4.79 Å². The first kappa shape index (κ1) is 17.7. The minimum atomic E-state index is -0.503. The van der Waals surface area contributed by atoms with Crippen molar-refractivity contribution in [2.45, 2.75) is 58.5 Å². The molecule has 3 amide bonds. The van der Waals surface area contributed by atoms with Crippen molar-refractivity contribution in [3.05, 3.63) is 16.1 Å². The third-order valence-corrected chi connectivity index (χ3v) is 4.96. The van der Waals surface area contributed by atoms with Crippen LogP contribution in [-0.2, 0) is 11.2 Å². The zero-order chi connectivity index (χ0) is 16.8. The summed E-state index contributed by atoms with van der Waals surface area (Å²) in [6.45, 7) is 7.07. The van der Waals surface area contributed by atoms with Gasteiger partial charge in [0.05, 0.1) is 10.7 Å². The summed E-state index contributed by atoms with van der Waals surface area (Å²) in [6, 6.07) is -0.545. The van der Waals surface area contributed by atoms with Crippen molar-refractivity contribution < 1.29 is 9.59 Å². The minimum Gasteiger partial charge on any atom is -0.338 e. The molecule has 1 fully saturated rings. The maximum absolute atomic E-state index is 12.4. The van der Waals surface area contributed by atoms with E-state index in [1.807, 2.05) is 17.2 Å². The Balaban J connectivity index is 1.72. The van der Waals surface area contributed by atoms with E-state index in [0.29, 0.717) is 13.0 Å². The number of carbonyl (C=O) groups excluding carboxylic acids is 2. The predicted molar refractivity (Wildman–Crippen MR) is 91.6 cm³/mol. The molecule has 1 aromatic heterocycles. The zero-order valence-corrected chi connectivity index (χ0v) is 14.9. The van der Waals surface area contributed by atoms with Crippen LogP contribution in [0.2, 0.25) is 0 Å². The fraction of sp³-hybridized carbons (Fsp3) is 0.688. The van der Waals surface area contributed by atoms with E-state index in [1.165, 1.54) is 6.42 Å². The predicted octanol–water partition coefficient (Wildman–Crippen LogP) is 2.08.